The van der Waals surface area contributed by atoms with Crippen LogP contribution in [0.25, 0.3) is 11.2 Å². The minimum atomic E-state index is -4.67. The number of fused-ring (bicyclic) bond motifs is 2. The SMILES string of the molecule is C1CCC1.CCCC(C(=O)NC=O)N1C(=O)c2cccc(N3CCN(Cc4ccc(COCC5CCN(Cc6cc(C(F)(F)F)c7cn(-c8cccc(Cc9nncn9C)c8)c(=O)n7c6)CC5)cc4)CC3)c2C1=O. The van der Waals surface area contributed by atoms with Gasteiger partial charge in [-0.05, 0) is 90.9 Å². The van der Waals surface area contributed by atoms with Crippen molar-refractivity contribution in [1.82, 2.24) is 43.7 Å². The molecule has 6 aromatic rings. The Morgan fingerprint density at radius 3 is 2.18 bits per heavy atom. The predicted molar refractivity (Wildman–Crippen MR) is 272 cm³/mol. The number of alkyl halides is 3. The van der Waals surface area contributed by atoms with E-state index in [4.69, 9.17) is 4.74 Å². The first-order valence-electron chi connectivity index (χ1n) is 25.7. The van der Waals surface area contributed by atoms with Gasteiger partial charge in [0.15, 0.2) is 0 Å². The molecule has 16 nitrogen and oxygen atoms in total. The number of pyridine rings is 1. The maximum atomic E-state index is 14.5. The number of carbonyl (C=O) groups is 4. The largest absolute Gasteiger partial charge is 0.418 e. The molecule has 0 spiro atoms. The number of anilines is 1. The van der Waals surface area contributed by atoms with E-state index in [9.17, 15) is 37.1 Å². The van der Waals surface area contributed by atoms with Crippen LogP contribution in [-0.4, -0.2) is 114 Å². The summed E-state index contributed by atoms with van der Waals surface area (Å²) in [5.74, 6) is -0.710. The zero-order valence-electron chi connectivity index (χ0n) is 41.9. The number of likely N-dealkylation sites (tertiary alicyclic amines) is 1. The number of nitrogens with one attached hydrogen (secondary N) is 1. The Bertz CT molecular complexity index is 3020. The van der Waals surface area contributed by atoms with E-state index in [2.05, 4.69) is 54.5 Å². The van der Waals surface area contributed by atoms with Crippen LogP contribution in [0.5, 0.6) is 0 Å². The van der Waals surface area contributed by atoms with Crippen LogP contribution < -0.4 is 15.9 Å². The summed E-state index contributed by atoms with van der Waals surface area (Å²) < 4.78 is 53.9. The lowest BCUT2D eigenvalue weighted by molar-refractivity contribution is -0.136. The van der Waals surface area contributed by atoms with Crippen molar-refractivity contribution in [2.24, 2.45) is 13.0 Å². The average Bonchev–Trinajstić information content (AvgIpc) is 4.03. The van der Waals surface area contributed by atoms with Gasteiger partial charge in [-0.1, -0.05) is 81.5 Å². The standard InChI is InChI=1S/C51H55F3N10O6.C4H8/c1-3-6-43(47(66)55-33-65)64-48(67)40-9-5-10-42(46(40)49(64)68)61-21-19-60(20-22-61)26-34-11-13-35(14-12-34)30-70-31-36-15-17-59(18-16-36)27-38-24-41(51(52,53)54)44-29-62(50(69)63(44)28-38)39-8-4-7-37(23-39)25-45-57-56-32-58(45)2;1-2-4-3-1/h4-5,7-14,23-24,28-29,32-33,36,43H,3,6,15-22,25-27,30-31H2,1-2H3,(H,55,65,66);1-4H2. The predicted octanol–water partition coefficient (Wildman–Crippen LogP) is 7.18. The Kier molecular flexibility index (Phi) is 16.2. The average molecular weight is 1020 g/mol. The molecule has 6 heterocycles. The summed E-state index contributed by atoms with van der Waals surface area (Å²) in [5, 5.41) is 10.1. The Hall–Kier alpha value is -6.96. The number of ether oxygens (including phenoxy) is 1. The first-order valence-corrected chi connectivity index (χ1v) is 25.7. The molecule has 3 aliphatic heterocycles. The van der Waals surface area contributed by atoms with E-state index in [1.807, 2.05) is 26.1 Å². The van der Waals surface area contributed by atoms with E-state index < -0.39 is 41.2 Å². The molecule has 1 atom stereocenters. The number of halogens is 3. The molecule has 19 heteroatoms. The van der Waals surface area contributed by atoms with Crippen molar-refractivity contribution in [3.8, 4) is 5.69 Å². The van der Waals surface area contributed by atoms with Gasteiger partial charge in [0.1, 0.15) is 18.2 Å². The number of amides is 4. The molecule has 1 unspecified atom stereocenters. The lowest BCUT2D eigenvalue weighted by atomic mass is 9.97. The van der Waals surface area contributed by atoms with Gasteiger partial charge in [0.05, 0.1) is 40.2 Å². The summed E-state index contributed by atoms with van der Waals surface area (Å²) in [6.45, 7) is 8.04. The second-order valence-corrected chi connectivity index (χ2v) is 19.8. The van der Waals surface area contributed by atoms with E-state index in [0.29, 0.717) is 86.5 Å². The molecule has 0 bridgehead atoms. The first kappa shape index (κ1) is 51.9. The molecule has 0 radical (unpaired) electrons. The topological polar surface area (TPSA) is 160 Å². The number of aromatic nitrogens is 5. The Morgan fingerprint density at radius 2 is 1.51 bits per heavy atom. The van der Waals surface area contributed by atoms with Crippen LogP contribution in [0.3, 0.4) is 0 Å². The van der Waals surface area contributed by atoms with E-state index in [1.165, 1.54) is 42.6 Å². The highest BCUT2D eigenvalue weighted by Crippen LogP contribution is 2.36. The number of nitrogens with zero attached hydrogens (tertiary/aromatic N) is 9. The van der Waals surface area contributed by atoms with Crippen molar-refractivity contribution in [3.05, 3.63) is 147 Å². The van der Waals surface area contributed by atoms with Crippen LogP contribution >= 0.6 is 0 Å². The van der Waals surface area contributed by atoms with Gasteiger partial charge >= 0.3 is 11.9 Å². The molecule has 10 rings (SSSR count). The molecular formula is C55H63F3N10O6. The maximum absolute atomic E-state index is 14.5. The van der Waals surface area contributed by atoms with Crippen molar-refractivity contribution >= 4 is 35.3 Å². The fourth-order valence-corrected chi connectivity index (χ4v) is 10.2. The van der Waals surface area contributed by atoms with Crippen molar-refractivity contribution in [3.63, 3.8) is 0 Å². The fraction of sp³-hybridized carbons (Fsp3) is 0.436. The van der Waals surface area contributed by atoms with Crippen LogP contribution in [0.4, 0.5) is 18.9 Å². The van der Waals surface area contributed by atoms with Gasteiger partial charge in [0.25, 0.3) is 11.8 Å². The number of imide groups is 2. The van der Waals surface area contributed by atoms with Crippen LogP contribution in [0.2, 0.25) is 0 Å². The van der Waals surface area contributed by atoms with Crippen molar-refractivity contribution in [2.75, 3.05) is 50.8 Å². The van der Waals surface area contributed by atoms with Crippen molar-refractivity contribution in [2.45, 2.75) is 96.6 Å². The quantitative estimate of drug-likeness (QED) is 0.0729. The van der Waals surface area contributed by atoms with Crippen LogP contribution in [-0.2, 0) is 53.7 Å². The molecule has 390 valence electrons. The number of piperazine rings is 1. The van der Waals surface area contributed by atoms with Gasteiger partial charge in [-0.3, -0.25) is 48.2 Å². The van der Waals surface area contributed by atoms with E-state index in [1.54, 1.807) is 41.2 Å². The fourth-order valence-electron chi connectivity index (χ4n) is 10.2. The molecule has 4 aliphatic rings. The normalized spacial score (nSPS) is 17.0. The maximum Gasteiger partial charge on any atom is 0.418 e. The zero-order valence-corrected chi connectivity index (χ0v) is 41.9. The summed E-state index contributed by atoms with van der Waals surface area (Å²) >= 11 is 0. The van der Waals surface area contributed by atoms with Crippen molar-refractivity contribution in [1.29, 1.82) is 0 Å². The third-order valence-electron chi connectivity index (χ3n) is 14.7. The van der Waals surface area contributed by atoms with Gasteiger partial charge in [0, 0.05) is 71.7 Å². The van der Waals surface area contributed by atoms with Crippen LogP contribution in [0.15, 0.2) is 96.3 Å². The number of carbonyl (C=O) groups excluding carboxylic acids is 4. The number of rotatable bonds is 17. The van der Waals surface area contributed by atoms with Gasteiger partial charge in [-0.25, -0.2) is 4.79 Å². The van der Waals surface area contributed by atoms with Gasteiger partial charge in [0.2, 0.25) is 12.3 Å². The number of hydrogen-bond donors (Lipinski definition) is 1. The third-order valence-corrected chi connectivity index (χ3v) is 14.7. The molecule has 2 saturated heterocycles. The van der Waals surface area contributed by atoms with Gasteiger partial charge in [-0.15, -0.1) is 10.2 Å². The van der Waals surface area contributed by atoms with E-state index >= 15 is 0 Å². The molecule has 74 heavy (non-hydrogen) atoms. The third kappa shape index (κ3) is 11.7. The molecule has 3 fully saturated rings. The minimum Gasteiger partial charge on any atom is -0.376 e. The molecule has 4 amide bonds. The molecule has 3 aromatic heterocycles. The number of imidazole rings is 1. The Morgan fingerprint density at radius 1 is 0.824 bits per heavy atom. The zero-order chi connectivity index (χ0) is 51.9. The van der Waals surface area contributed by atoms with Gasteiger partial charge < -0.3 is 14.2 Å². The number of piperidine rings is 1. The summed E-state index contributed by atoms with van der Waals surface area (Å²) in [6, 6.07) is 20.8. The molecule has 1 aliphatic carbocycles. The number of aryl methyl sites for hydroxylation is 1. The summed E-state index contributed by atoms with van der Waals surface area (Å²) in [7, 11) is 1.83. The second-order valence-electron chi connectivity index (χ2n) is 19.8. The smallest absolute Gasteiger partial charge is 0.376 e. The minimum absolute atomic E-state index is 0.203. The monoisotopic (exact) mass is 1020 g/mol. The van der Waals surface area contributed by atoms with Crippen LogP contribution in [0, 0.1) is 5.92 Å². The van der Waals surface area contributed by atoms with Crippen molar-refractivity contribution < 1.29 is 37.1 Å². The Labute approximate surface area is 427 Å². The number of benzene rings is 3. The number of hydrogen-bond acceptors (Lipinski definition) is 11. The summed E-state index contributed by atoms with van der Waals surface area (Å²) in [6.07, 6.45) is 8.88. The molecule has 3 aromatic carbocycles. The molecule has 1 N–H and O–H groups in total. The molecular weight excluding hydrogens is 954 g/mol. The summed E-state index contributed by atoms with van der Waals surface area (Å²) in [4.78, 5) is 72.1. The lowest BCUT2D eigenvalue weighted by Gasteiger charge is -2.36. The summed E-state index contributed by atoms with van der Waals surface area (Å²) in [5.41, 5.74) is 3.50. The lowest BCUT2D eigenvalue weighted by Crippen LogP contribution is -2.49. The highest BCUT2D eigenvalue weighted by Gasteiger charge is 2.44. The highest BCUT2D eigenvalue weighted by molar-refractivity contribution is 6.25. The Balaban J connectivity index is 0.00000160. The molecule has 1 saturated carbocycles. The van der Waals surface area contributed by atoms with E-state index in [0.717, 1.165) is 64.5 Å². The van der Waals surface area contributed by atoms with Gasteiger partial charge in [-0.2, -0.15) is 13.2 Å². The van der Waals surface area contributed by atoms with E-state index in [-0.39, 0.29) is 30.5 Å². The van der Waals surface area contributed by atoms with Crippen LogP contribution in [0.1, 0.15) is 113 Å². The first-order chi connectivity index (χ1) is 35.8. The second kappa shape index (κ2) is 23.1. The highest BCUT2D eigenvalue weighted by atomic mass is 19.4.